The molecule has 0 saturated carbocycles. The first-order valence-electron chi connectivity index (χ1n) is 9.68. The van der Waals surface area contributed by atoms with Crippen LogP contribution in [0.15, 0.2) is 53.1 Å². The number of carbonyl (C=O) groups is 1. The minimum Gasteiger partial charge on any atom is -0.409 e. The number of pyridine rings is 1. The van der Waals surface area contributed by atoms with Gasteiger partial charge in [-0.2, -0.15) is 0 Å². The highest BCUT2D eigenvalue weighted by molar-refractivity contribution is 7.71. The van der Waals surface area contributed by atoms with E-state index in [1.807, 2.05) is 49.4 Å². The van der Waals surface area contributed by atoms with E-state index < -0.39 is 0 Å². The standard InChI is InChI=1S/C21H23N5O2S/c1-15-6-5-11-22-18(15)23-19(27)16-9-12-25(13-10-16)14-26-21(29)28-20(24-26)17-7-3-2-4-8-17/h2-8,11,16H,9-10,12-14H2,1H3,(H,22,23,27). The summed E-state index contributed by atoms with van der Waals surface area (Å²) in [5.41, 5.74) is 1.87. The van der Waals surface area contributed by atoms with E-state index in [1.54, 1.807) is 10.9 Å². The first-order chi connectivity index (χ1) is 14.1. The van der Waals surface area contributed by atoms with Gasteiger partial charge >= 0.3 is 0 Å². The summed E-state index contributed by atoms with van der Waals surface area (Å²) in [5.74, 6) is 1.19. The first kappa shape index (κ1) is 19.5. The molecule has 0 unspecified atom stereocenters. The fourth-order valence-electron chi connectivity index (χ4n) is 3.45. The molecule has 7 nitrogen and oxygen atoms in total. The van der Waals surface area contributed by atoms with Crippen molar-refractivity contribution in [3.8, 4) is 11.5 Å². The SMILES string of the molecule is Cc1cccnc1NC(=O)C1CCN(Cn2nc(-c3ccccc3)oc2=S)CC1. The molecule has 8 heteroatoms. The molecule has 0 atom stereocenters. The largest absolute Gasteiger partial charge is 0.409 e. The summed E-state index contributed by atoms with van der Waals surface area (Å²) in [7, 11) is 0. The van der Waals surface area contributed by atoms with Gasteiger partial charge in [0.15, 0.2) is 0 Å². The maximum Gasteiger partial charge on any atom is 0.288 e. The average Bonchev–Trinajstić information content (AvgIpc) is 3.11. The Morgan fingerprint density at radius 1 is 1.21 bits per heavy atom. The molecule has 1 fully saturated rings. The zero-order chi connectivity index (χ0) is 20.2. The van der Waals surface area contributed by atoms with Crippen LogP contribution in [0.3, 0.4) is 0 Å². The molecule has 0 radical (unpaired) electrons. The second-order valence-corrected chi connectivity index (χ2v) is 7.58. The van der Waals surface area contributed by atoms with Gasteiger partial charge in [-0.15, -0.1) is 5.10 Å². The van der Waals surface area contributed by atoms with Gasteiger partial charge in [0.1, 0.15) is 5.82 Å². The van der Waals surface area contributed by atoms with Crippen molar-refractivity contribution in [1.82, 2.24) is 19.7 Å². The summed E-state index contributed by atoms with van der Waals surface area (Å²) < 4.78 is 7.35. The number of hydrogen-bond donors (Lipinski definition) is 1. The Labute approximate surface area is 174 Å². The van der Waals surface area contributed by atoms with Crippen molar-refractivity contribution in [2.75, 3.05) is 18.4 Å². The highest BCUT2D eigenvalue weighted by Gasteiger charge is 2.26. The Balaban J connectivity index is 1.33. The highest BCUT2D eigenvalue weighted by Crippen LogP contribution is 2.22. The van der Waals surface area contributed by atoms with Crippen LogP contribution in [0.4, 0.5) is 5.82 Å². The Hall–Kier alpha value is -2.84. The molecular formula is C21H23N5O2S. The third kappa shape index (κ3) is 4.60. The van der Waals surface area contributed by atoms with E-state index in [9.17, 15) is 4.79 Å². The quantitative estimate of drug-likeness (QED) is 0.645. The van der Waals surface area contributed by atoms with Gasteiger partial charge in [-0.05, 0) is 55.7 Å². The van der Waals surface area contributed by atoms with E-state index in [1.165, 1.54) is 0 Å². The van der Waals surface area contributed by atoms with Crippen molar-refractivity contribution in [2.24, 2.45) is 5.92 Å². The molecule has 2 aromatic heterocycles. The summed E-state index contributed by atoms with van der Waals surface area (Å²) in [6.45, 7) is 4.10. The molecule has 3 aromatic rings. The molecule has 29 heavy (non-hydrogen) atoms. The fourth-order valence-corrected chi connectivity index (χ4v) is 3.63. The van der Waals surface area contributed by atoms with Gasteiger partial charge in [0.25, 0.3) is 4.84 Å². The predicted molar refractivity (Wildman–Crippen MR) is 113 cm³/mol. The summed E-state index contributed by atoms with van der Waals surface area (Å²) in [6.07, 6.45) is 3.26. The number of amides is 1. The van der Waals surface area contributed by atoms with Crippen molar-refractivity contribution < 1.29 is 9.21 Å². The monoisotopic (exact) mass is 409 g/mol. The van der Waals surface area contributed by atoms with Gasteiger partial charge in [0.2, 0.25) is 11.8 Å². The lowest BCUT2D eigenvalue weighted by Crippen LogP contribution is -2.39. The summed E-state index contributed by atoms with van der Waals surface area (Å²) in [4.78, 5) is 19.4. The molecule has 150 valence electrons. The second-order valence-electron chi connectivity index (χ2n) is 7.23. The molecule has 1 aromatic carbocycles. The predicted octanol–water partition coefficient (Wildman–Crippen LogP) is 3.88. The van der Waals surface area contributed by atoms with E-state index in [0.29, 0.717) is 23.2 Å². The minimum absolute atomic E-state index is 0.0159. The third-order valence-corrected chi connectivity index (χ3v) is 5.46. The van der Waals surface area contributed by atoms with Crippen LogP contribution in [0.1, 0.15) is 18.4 Å². The summed E-state index contributed by atoms with van der Waals surface area (Å²) in [6, 6.07) is 13.5. The average molecular weight is 410 g/mol. The number of benzene rings is 1. The number of likely N-dealkylation sites (tertiary alicyclic amines) is 1. The Morgan fingerprint density at radius 2 is 1.97 bits per heavy atom. The number of aryl methyl sites for hydroxylation is 1. The van der Waals surface area contributed by atoms with Gasteiger partial charge in [-0.3, -0.25) is 9.69 Å². The lowest BCUT2D eigenvalue weighted by Gasteiger charge is -2.30. The van der Waals surface area contributed by atoms with E-state index in [2.05, 4.69) is 20.3 Å². The van der Waals surface area contributed by atoms with Gasteiger partial charge in [0, 0.05) is 30.8 Å². The summed E-state index contributed by atoms with van der Waals surface area (Å²) >= 11 is 5.33. The number of nitrogens with zero attached hydrogens (tertiary/aromatic N) is 4. The number of aromatic nitrogens is 3. The Bertz CT molecular complexity index is 1040. The highest BCUT2D eigenvalue weighted by atomic mass is 32.1. The van der Waals surface area contributed by atoms with Crippen LogP contribution < -0.4 is 5.32 Å². The molecule has 1 N–H and O–H groups in total. The van der Waals surface area contributed by atoms with Crippen molar-refractivity contribution in [2.45, 2.75) is 26.4 Å². The first-order valence-corrected chi connectivity index (χ1v) is 10.1. The molecule has 0 spiro atoms. The number of anilines is 1. The van der Waals surface area contributed by atoms with Crippen LogP contribution in [-0.4, -0.2) is 38.7 Å². The van der Waals surface area contributed by atoms with Gasteiger partial charge in [0.05, 0.1) is 6.67 Å². The number of carbonyl (C=O) groups excluding carboxylic acids is 1. The van der Waals surface area contributed by atoms with Crippen molar-refractivity contribution in [3.05, 3.63) is 59.1 Å². The van der Waals surface area contributed by atoms with Gasteiger partial charge < -0.3 is 9.73 Å². The lowest BCUT2D eigenvalue weighted by molar-refractivity contribution is -0.121. The number of piperidine rings is 1. The third-order valence-electron chi connectivity index (χ3n) is 5.17. The van der Waals surface area contributed by atoms with Crippen LogP contribution in [-0.2, 0) is 11.5 Å². The molecule has 4 rings (SSSR count). The molecular weight excluding hydrogens is 386 g/mol. The van der Waals surface area contributed by atoms with Crippen LogP contribution >= 0.6 is 12.2 Å². The zero-order valence-electron chi connectivity index (χ0n) is 16.2. The van der Waals surface area contributed by atoms with Gasteiger partial charge in [-0.1, -0.05) is 24.3 Å². The van der Waals surface area contributed by atoms with Gasteiger partial charge in [-0.25, -0.2) is 9.67 Å². The molecule has 1 aliphatic rings. The number of hydrogen-bond acceptors (Lipinski definition) is 6. The van der Waals surface area contributed by atoms with E-state index >= 15 is 0 Å². The zero-order valence-corrected chi connectivity index (χ0v) is 17.1. The molecule has 1 amide bonds. The van der Waals surface area contributed by atoms with Crippen molar-refractivity contribution in [3.63, 3.8) is 0 Å². The van der Waals surface area contributed by atoms with Crippen molar-refractivity contribution >= 4 is 23.9 Å². The maximum atomic E-state index is 12.6. The number of nitrogens with one attached hydrogen (secondary N) is 1. The molecule has 3 heterocycles. The van der Waals surface area contributed by atoms with Crippen LogP contribution in [0.5, 0.6) is 0 Å². The van der Waals surface area contributed by atoms with E-state index in [-0.39, 0.29) is 11.8 Å². The normalized spacial score (nSPS) is 15.3. The molecule has 0 aliphatic carbocycles. The lowest BCUT2D eigenvalue weighted by atomic mass is 9.96. The van der Waals surface area contributed by atoms with Crippen LogP contribution in [0.2, 0.25) is 0 Å². The molecule has 0 bridgehead atoms. The number of rotatable bonds is 5. The molecule has 1 saturated heterocycles. The van der Waals surface area contributed by atoms with Crippen LogP contribution in [0, 0.1) is 17.7 Å². The Morgan fingerprint density at radius 3 is 2.69 bits per heavy atom. The van der Waals surface area contributed by atoms with Crippen molar-refractivity contribution in [1.29, 1.82) is 0 Å². The second kappa shape index (κ2) is 8.67. The Kier molecular flexibility index (Phi) is 5.82. The fraction of sp³-hybridized carbons (Fsp3) is 0.333. The summed E-state index contributed by atoms with van der Waals surface area (Å²) in [5, 5.41) is 7.47. The maximum absolute atomic E-state index is 12.6. The van der Waals surface area contributed by atoms with E-state index in [0.717, 1.165) is 37.1 Å². The van der Waals surface area contributed by atoms with Crippen LogP contribution in [0.25, 0.3) is 11.5 Å². The minimum atomic E-state index is -0.0159. The topological polar surface area (TPSA) is 76.2 Å². The molecule has 1 aliphatic heterocycles. The smallest absolute Gasteiger partial charge is 0.288 e. The van der Waals surface area contributed by atoms with E-state index in [4.69, 9.17) is 16.6 Å².